The summed E-state index contributed by atoms with van der Waals surface area (Å²) in [5.41, 5.74) is 1.19. The number of rotatable bonds is 6. The van der Waals surface area contributed by atoms with Gasteiger partial charge < -0.3 is 4.74 Å². The largest absolute Gasteiger partial charge is 0.457 e. The highest BCUT2D eigenvalue weighted by Gasteiger charge is 2.36. The summed E-state index contributed by atoms with van der Waals surface area (Å²) in [5, 5.41) is -0.452. The van der Waals surface area contributed by atoms with Gasteiger partial charge in [-0.3, -0.25) is 19.3 Å². The third kappa shape index (κ3) is 4.50. The minimum Gasteiger partial charge on any atom is -0.457 e. The molecule has 0 bridgehead atoms. The van der Waals surface area contributed by atoms with Gasteiger partial charge in [0, 0.05) is 5.56 Å². The summed E-state index contributed by atoms with van der Waals surface area (Å²) in [5.74, 6) is 0.573. The average Bonchev–Trinajstić information content (AvgIpc) is 3.02. The van der Waals surface area contributed by atoms with Crippen LogP contribution in [0.4, 0.5) is 4.79 Å². The minimum atomic E-state index is -0.469. The van der Waals surface area contributed by atoms with Crippen LogP contribution in [-0.4, -0.2) is 28.4 Å². The topological polar surface area (TPSA) is 63.7 Å². The third-order valence-corrected chi connectivity index (χ3v) is 5.31. The molecular weight excluding hydrogens is 398 g/mol. The molecule has 5 nitrogen and oxygen atoms in total. The first-order valence-electron chi connectivity index (χ1n) is 9.27. The molecule has 30 heavy (non-hydrogen) atoms. The maximum Gasteiger partial charge on any atom is 0.293 e. The van der Waals surface area contributed by atoms with E-state index in [1.165, 1.54) is 0 Å². The second-order valence-corrected chi connectivity index (χ2v) is 7.54. The molecule has 0 aromatic heterocycles. The van der Waals surface area contributed by atoms with Crippen molar-refractivity contribution in [2.45, 2.75) is 0 Å². The molecule has 0 atom stereocenters. The predicted octanol–water partition coefficient (Wildman–Crippen LogP) is 5.40. The van der Waals surface area contributed by atoms with Crippen LogP contribution >= 0.6 is 11.8 Å². The number of Topliss-reactive ketones (excluding diaryl/α,β-unsaturated/α-hetero) is 1. The van der Waals surface area contributed by atoms with Gasteiger partial charge in [0.25, 0.3) is 11.1 Å². The Labute approximate surface area is 178 Å². The summed E-state index contributed by atoms with van der Waals surface area (Å²) in [4.78, 5) is 38.6. The van der Waals surface area contributed by atoms with E-state index in [2.05, 4.69) is 0 Å². The number of carbonyl (C=O) groups is 3. The van der Waals surface area contributed by atoms with Crippen LogP contribution in [0.25, 0.3) is 6.08 Å². The predicted molar refractivity (Wildman–Crippen MR) is 116 cm³/mol. The Morgan fingerprint density at radius 2 is 1.53 bits per heavy atom. The molecule has 1 aliphatic rings. The number of amides is 2. The molecule has 1 heterocycles. The Balaban J connectivity index is 1.49. The molecule has 148 valence electrons. The van der Waals surface area contributed by atoms with E-state index in [4.69, 9.17) is 4.74 Å². The fourth-order valence-electron chi connectivity index (χ4n) is 2.94. The molecular formula is C24H17NO4S. The molecule has 6 heteroatoms. The van der Waals surface area contributed by atoms with Crippen molar-refractivity contribution in [2.75, 3.05) is 6.54 Å². The number of carbonyl (C=O) groups excluding carboxylic acids is 3. The van der Waals surface area contributed by atoms with Crippen molar-refractivity contribution >= 4 is 34.8 Å². The number of hydrogen-bond donors (Lipinski definition) is 0. The first-order chi connectivity index (χ1) is 14.6. The fraction of sp³-hybridized carbons (Fsp3) is 0.0417. The summed E-state index contributed by atoms with van der Waals surface area (Å²) >= 11 is 0.829. The Morgan fingerprint density at radius 1 is 0.867 bits per heavy atom. The SMILES string of the molecule is O=C(CN1C(=O)S/C(=C/c2cccc(Oc3ccccc3)c2)C1=O)c1ccccc1. The van der Waals surface area contributed by atoms with Gasteiger partial charge in [-0.05, 0) is 47.7 Å². The first kappa shape index (κ1) is 19.7. The zero-order valence-electron chi connectivity index (χ0n) is 15.9. The summed E-state index contributed by atoms with van der Waals surface area (Å²) in [6.45, 7) is -0.275. The standard InChI is InChI=1S/C24H17NO4S/c26-21(18-9-3-1-4-10-18)16-25-23(27)22(30-24(25)28)15-17-8-7-13-20(14-17)29-19-11-5-2-6-12-19/h1-15H,16H2/b22-15+. The highest BCUT2D eigenvalue weighted by atomic mass is 32.2. The van der Waals surface area contributed by atoms with Crippen LogP contribution in [0.5, 0.6) is 11.5 Å². The van der Waals surface area contributed by atoms with E-state index >= 15 is 0 Å². The van der Waals surface area contributed by atoms with Crippen molar-refractivity contribution in [3.05, 3.63) is 101 Å². The molecule has 3 aromatic rings. The number of para-hydroxylation sites is 1. The quantitative estimate of drug-likeness (QED) is 0.399. The van der Waals surface area contributed by atoms with Crippen LogP contribution in [0.15, 0.2) is 89.8 Å². The number of imide groups is 1. The average molecular weight is 415 g/mol. The number of hydrogen-bond acceptors (Lipinski definition) is 5. The lowest BCUT2D eigenvalue weighted by Crippen LogP contribution is -2.33. The second kappa shape index (κ2) is 8.80. The van der Waals surface area contributed by atoms with Gasteiger partial charge in [-0.2, -0.15) is 0 Å². The first-order valence-corrected chi connectivity index (χ1v) is 10.1. The number of nitrogens with zero attached hydrogens (tertiary/aromatic N) is 1. The molecule has 0 unspecified atom stereocenters. The second-order valence-electron chi connectivity index (χ2n) is 6.54. The lowest BCUT2D eigenvalue weighted by atomic mass is 10.1. The molecule has 3 aromatic carbocycles. The molecule has 1 fully saturated rings. The van der Waals surface area contributed by atoms with Crippen molar-refractivity contribution in [1.82, 2.24) is 4.90 Å². The number of benzene rings is 3. The van der Waals surface area contributed by atoms with Crippen molar-refractivity contribution in [3.63, 3.8) is 0 Å². The lowest BCUT2D eigenvalue weighted by Gasteiger charge is -2.11. The minimum absolute atomic E-state index is 0.275. The lowest BCUT2D eigenvalue weighted by molar-refractivity contribution is -0.122. The molecule has 0 spiro atoms. The van der Waals surface area contributed by atoms with Gasteiger partial charge in [0.1, 0.15) is 11.5 Å². The number of ether oxygens (including phenoxy) is 1. The zero-order valence-corrected chi connectivity index (χ0v) is 16.7. The fourth-order valence-corrected chi connectivity index (χ4v) is 3.78. The Hall–Kier alpha value is -3.64. The normalized spacial score (nSPS) is 14.9. The van der Waals surface area contributed by atoms with Crippen molar-refractivity contribution in [2.24, 2.45) is 0 Å². The number of ketones is 1. The summed E-state index contributed by atoms with van der Waals surface area (Å²) in [6, 6.07) is 25.2. The third-order valence-electron chi connectivity index (χ3n) is 4.41. The van der Waals surface area contributed by atoms with Gasteiger partial charge in [0.15, 0.2) is 5.78 Å². The summed E-state index contributed by atoms with van der Waals surface area (Å²) < 4.78 is 5.81. The zero-order chi connectivity index (χ0) is 20.9. The molecule has 0 radical (unpaired) electrons. The van der Waals surface area contributed by atoms with Gasteiger partial charge in [-0.1, -0.05) is 60.7 Å². The van der Waals surface area contributed by atoms with Gasteiger partial charge in [-0.25, -0.2) is 0 Å². The summed E-state index contributed by atoms with van der Waals surface area (Å²) in [6.07, 6.45) is 1.63. The number of thioether (sulfide) groups is 1. The Bertz CT molecular complexity index is 1130. The van der Waals surface area contributed by atoms with Crippen LogP contribution in [0, 0.1) is 0 Å². The maximum atomic E-state index is 12.7. The van der Waals surface area contributed by atoms with Gasteiger partial charge in [0.05, 0.1) is 11.4 Å². The summed E-state index contributed by atoms with van der Waals surface area (Å²) in [7, 11) is 0. The van der Waals surface area contributed by atoms with Gasteiger partial charge >= 0.3 is 0 Å². The molecule has 0 aliphatic carbocycles. The van der Waals surface area contributed by atoms with E-state index in [9.17, 15) is 14.4 Å². The van der Waals surface area contributed by atoms with Crippen LogP contribution in [0.3, 0.4) is 0 Å². The van der Waals surface area contributed by atoms with Crippen LogP contribution in [0.2, 0.25) is 0 Å². The van der Waals surface area contributed by atoms with E-state index < -0.39 is 11.1 Å². The molecule has 0 N–H and O–H groups in total. The monoisotopic (exact) mass is 415 g/mol. The van der Waals surface area contributed by atoms with Gasteiger partial charge in [0.2, 0.25) is 0 Å². The van der Waals surface area contributed by atoms with Gasteiger partial charge in [-0.15, -0.1) is 0 Å². The van der Waals surface area contributed by atoms with E-state index in [0.29, 0.717) is 17.1 Å². The van der Waals surface area contributed by atoms with Crippen molar-refractivity contribution in [1.29, 1.82) is 0 Å². The van der Waals surface area contributed by atoms with E-state index in [1.807, 2.05) is 48.5 Å². The van der Waals surface area contributed by atoms with E-state index in [-0.39, 0.29) is 17.2 Å². The smallest absolute Gasteiger partial charge is 0.293 e. The molecule has 0 saturated carbocycles. The van der Waals surface area contributed by atoms with Crippen molar-refractivity contribution < 1.29 is 19.1 Å². The Kier molecular flexibility index (Phi) is 5.77. The maximum absolute atomic E-state index is 12.7. The molecule has 4 rings (SSSR count). The van der Waals surface area contributed by atoms with Crippen LogP contribution < -0.4 is 4.74 Å². The van der Waals surface area contributed by atoms with E-state index in [0.717, 1.165) is 22.2 Å². The highest BCUT2D eigenvalue weighted by molar-refractivity contribution is 8.18. The van der Waals surface area contributed by atoms with Crippen LogP contribution in [-0.2, 0) is 4.79 Å². The Morgan fingerprint density at radius 3 is 2.27 bits per heavy atom. The molecule has 1 aliphatic heterocycles. The van der Waals surface area contributed by atoms with Crippen LogP contribution in [0.1, 0.15) is 15.9 Å². The molecule has 2 amide bonds. The molecule has 1 saturated heterocycles. The van der Waals surface area contributed by atoms with Crippen molar-refractivity contribution in [3.8, 4) is 11.5 Å². The highest BCUT2D eigenvalue weighted by Crippen LogP contribution is 2.33. The van der Waals surface area contributed by atoms with E-state index in [1.54, 1.807) is 42.5 Å².